The lowest BCUT2D eigenvalue weighted by molar-refractivity contribution is 0.596. The van der Waals surface area contributed by atoms with Crippen LogP contribution in [0.1, 0.15) is 5.69 Å². The number of pyridine rings is 1. The van der Waals surface area contributed by atoms with Crippen LogP contribution < -0.4 is 0 Å². The first-order valence-electron chi connectivity index (χ1n) is 4.45. The number of nitrogens with one attached hydrogen (secondary N) is 1. The molecule has 70 valence electrons. The Kier molecular flexibility index (Phi) is 1.47. The van der Waals surface area contributed by atoms with Gasteiger partial charge in [0.2, 0.25) is 0 Å². The molecule has 0 spiro atoms. The van der Waals surface area contributed by atoms with E-state index in [1.54, 1.807) is 18.7 Å². The van der Waals surface area contributed by atoms with Crippen LogP contribution >= 0.6 is 0 Å². The maximum Gasteiger partial charge on any atom is 0.169 e. The molecule has 0 amide bonds. The van der Waals surface area contributed by atoms with Crippen LogP contribution in [0.2, 0.25) is 0 Å². The third-order valence-corrected chi connectivity index (χ3v) is 2.23. The van der Waals surface area contributed by atoms with Crippen LogP contribution in [0.15, 0.2) is 35.2 Å². The molecule has 0 aliphatic carbocycles. The van der Waals surface area contributed by atoms with Crippen LogP contribution in [0.4, 0.5) is 0 Å². The van der Waals surface area contributed by atoms with Gasteiger partial charge in [-0.25, -0.2) is 0 Å². The van der Waals surface area contributed by atoms with E-state index in [0.717, 1.165) is 23.3 Å². The lowest BCUT2D eigenvalue weighted by Crippen LogP contribution is -1.97. The van der Waals surface area contributed by atoms with E-state index in [0.29, 0.717) is 0 Å². The Bertz CT molecular complexity index is 543. The van der Waals surface area contributed by atoms with E-state index in [9.17, 15) is 0 Å². The summed E-state index contributed by atoms with van der Waals surface area (Å²) < 4.78 is 7.50. The number of rotatable bonds is 0. The molecule has 1 N–H and O–H groups in total. The highest BCUT2D eigenvalue weighted by atomic mass is 16.3. The number of aromatic amines is 1. The summed E-state index contributed by atoms with van der Waals surface area (Å²) in [4.78, 5) is 4.00. The van der Waals surface area contributed by atoms with Gasteiger partial charge in [-0.3, -0.25) is 14.8 Å². The second-order valence-corrected chi connectivity index (χ2v) is 3.16. The second kappa shape index (κ2) is 2.77. The molecule has 14 heavy (non-hydrogen) atoms. The smallest absolute Gasteiger partial charge is 0.169 e. The number of H-pyrrole nitrogens is 1. The van der Waals surface area contributed by atoms with Crippen molar-refractivity contribution in [2.75, 3.05) is 0 Å². The Morgan fingerprint density at radius 2 is 2.50 bits per heavy atom. The van der Waals surface area contributed by atoms with Gasteiger partial charge in [-0.2, -0.15) is 0 Å². The zero-order valence-corrected chi connectivity index (χ0v) is 7.47. The molecule has 0 fully saturated rings. The normalized spacial score (nSPS) is 13.1. The third kappa shape index (κ3) is 1.04. The molecule has 1 aliphatic rings. The Morgan fingerprint density at radius 3 is 3.50 bits per heavy atom. The lowest BCUT2D eigenvalue weighted by atomic mass is 10.4. The summed E-state index contributed by atoms with van der Waals surface area (Å²) in [5.41, 5.74) is 2.72. The zero-order chi connectivity index (χ0) is 9.38. The summed E-state index contributed by atoms with van der Waals surface area (Å²) in [6, 6.07) is 1.89. The molecular formula is C10H9N3O. The molecule has 0 atom stereocenters. The van der Waals surface area contributed by atoms with Crippen molar-refractivity contribution in [3.8, 4) is 0 Å². The van der Waals surface area contributed by atoms with E-state index in [4.69, 9.17) is 4.42 Å². The van der Waals surface area contributed by atoms with Crippen LogP contribution in [-0.4, -0.2) is 14.8 Å². The molecule has 0 unspecified atom stereocenters. The van der Waals surface area contributed by atoms with Crippen LogP contribution in [0.3, 0.4) is 0 Å². The van der Waals surface area contributed by atoms with Crippen molar-refractivity contribution in [1.82, 2.24) is 14.8 Å². The van der Waals surface area contributed by atoms with E-state index in [2.05, 4.69) is 16.2 Å². The minimum Gasteiger partial charge on any atom is -0.459 e. The second-order valence-electron chi connectivity index (χ2n) is 3.16. The molecule has 4 heteroatoms. The van der Waals surface area contributed by atoms with Gasteiger partial charge in [0, 0.05) is 6.20 Å². The van der Waals surface area contributed by atoms with Crippen molar-refractivity contribution in [3.63, 3.8) is 0 Å². The van der Waals surface area contributed by atoms with Gasteiger partial charge in [-0.1, -0.05) is 6.08 Å². The fourth-order valence-electron chi connectivity index (χ4n) is 1.52. The Balaban J connectivity index is 2.42. The van der Waals surface area contributed by atoms with Gasteiger partial charge < -0.3 is 4.42 Å². The van der Waals surface area contributed by atoms with Gasteiger partial charge in [0.25, 0.3) is 0 Å². The number of fused-ring (bicyclic) bond motifs is 2. The highest BCUT2D eigenvalue weighted by molar-refractivity contribution is 5.69. The number of hydrogen-bond donors (Lipinski definition) is 1. The SMILES string of the molecule is C1=Cc2coc3cnccc3[nH]n2C1. The predicted molar refractivity (Wildman–Crippen MR) is 53.0 cm³/mol. The van der Waals surface area contributed by atoms with E-state index < -0.39 is 0 Å². The van der Waals surface area contributed by atoms with Gasteiger partial charge in [-0.15, -0.1) is 0 Å². The van der Waals surface area contributed by atoms with Gasteiger partial charge in [0.05, 0.1) is 24.0 Å². The van der Waals surface area contributed by atoms with Crippen molar-refractivity contribution in [2.24, 2.45) is 0 Å². The number of aromatic nitrogens is 3. The molecule has 0 saturated carbocycles. The molecule has 4 nitrogen and oxygen atoms in total. The molecule has 2 aromatic rings. The highest BCUT2D eigenvalue weighted by Gasteiger charge is 2.02. The minimum absolute atomic E-state index is 0.753. The first-order valence-corrected chi connectivity index (χ1v) is 4.45. The maximum atomic E-state index is 5.48. The van der Waals surface area contributed by atoms with Crippen molar-refractivity contribution in [3.05, 3.63) is 36.5 Å². The summed E-state index contributed by atoms with van der Waals surface area (Å²) in [5, 5.41) is 3.26. The number of nitrogens with zero attached hydrogens (tertiary/aromatic N) is 2. The van der Waals surface area contributed by atoms with Gasteiger partial charge in [0.15, 0.2) is 5.58 Å². The Labute approximate surface area is 80.2 Å². The molecule has 0 saturated heterocycles. The molecule has 2 aromatic heterocycles. The quantitative estimate of drug-likeness (QED) is 0.686. The van der Waals surface area contributed by atoms with Crippen molar-refractivity contribution in [1.29, 1.82) is 0 Å². The summed E-state index contributed by atoms with van der Waals surface area (Å²) in [5.74, 6) is 0. The van der Waals surface area contributed by atoms with Crippen LogP contribution in [0, 0.1) is 0 Å². The Morgan fingerprint density at radius 1 is 1.50 bits per heavy atom. The van der Waals surface area contributed by atoms with E-state index >= 15 is 0 Å². The average molecular weight is 187 g/mol. The molecule has 1 aliphatic heterocycles. The zero-order valence-electron chi connectivity index (χ0n) is 7.47. The fraction of sp³-hybridized carbons (Fsp3) is 0.100. The molecule has 3 rings (SSSR count). The monoisotopic (exact) mass is 187 g/mol. The fourth-order valence-corrected chi connectivity index (χ4v) is 1.52. The van der Waals surface area contributed by atoms with Crippen molar-refractivity contribution < 1.29 is 4.42 Å². The molecule has 0 aromatic carbocycles. The third-order valence-electron chi connectivity index (χ3n) is 2.23. The predicted octanol–water partition coefficient (Wildman–Crippen LogP) is 2.11. The topological polar surface area (TPSA) is 46.8 Å². The summed E-state index contributed by atoms with van der Waals surface area (Å²) >= 11 is 0. The molecule has 0 radical (unpaired) electrons. The van der Waals surface area contributed by atoms with E-state index in [1.807, 2.05) is 16.8 Å². The Hall–Kier alpha value is -1.97. The lowest BCUT2D eigenvalue weighted by Gasteiger charge is -1.97. The largest absolute Gasteiger partial charge is 0.459 e. The molecular weight excluding hydrogens is 178 g/mol. The van der Waals surface area contributed by atoms with Crippen molar-refractivity contribution in [2.45, 2.75) is 6.54 Å². The average Bonchev–Trinajstić information content (AvgIpc) is 2.58. The minimum atomic E-state index is 0.753. The number of hydrogen-bond acceptors (Lipinski definition) is 2. The summed E-state index contributed by atoms with van der Waals surface area (Å²) in [6.07, 6.45) is 9.26. The molecule has 0 bridgehead atoms. The highest BCUT2D eigenvalue weighted by Crippen LogP contribution is 2.13. The maximum absolute atomic E-state index is 5.48. The first-order chi connectivity index (χ1) is 6.93. The van der Waals surface area contributed by atoms with E-state index in [-0.39, 0.29) is 0 Å². The van der Waals surface area contributed by atoms with E-state index in [1.165, 1.54) is 0 Å². The van der Waals surface area contributed by atoms with Crippen molar-refractivity contribution >= 4 is 17.2 Å². The number of allylic oxidation sites excluding steroid dienone is 1. The standard InChI is InChI=1S/C10H9N3O/c1-2-8-7-14-10-6-11-4-3-9(10)12-13(8)5-1/h1-4,6-7,12H,5H2. The van der Waals surface area contributed by atoms with Gasteiger partial charge >= 0.3 is 0 Å². The van der Waals surface area contributed by atoms with Crippen LogP contribution in [0.25, 0.3) is 17.2 Å². The first kappa shape index (κ1) is 7.44. The summed E-state index contributed by atoms with van der Waals surface area (Å²) in [7, 11) is 0. The van der Waals surface area contributed by atoms with Gasteiger partial charge in [0.1, 0.15) is 6.26 Å². The molecule has 3 heterocycles. The van der Waals surface area contributed by atoms with Crippen LogP contribution in [-0.2, 0) is 6.54 Å². The summed E-state index contributed by atoms with van der Waals surface area (Å²) in [6.45, 7) is 0.858. The van der Waals surface area contributed by atoms with Crippen LogP contribution in [0.5, 0.6) is 0 Å². The van der Waals surface area contributed by atoms with Gasteiger partial charge in [-0.05, 0) is 12.1 Å².